The Bertz CT molecular complexity index is 829. The van der Waals surface area contributed by atoms with E-state index in [-0.39, 0.29) is 24.3 Å². The number of ether oxygens (including phenoxy) is 1. The first-order valence-corrected chi connectivity index (χ1v) is 9.71. The van der Waals surface area contributed by atoms with E-state index < -0.39 is 0 Å². The minimum Gasteiger partial charge on any atom is -0.497 e. The average Bonchev–Trinajstić information content (AvgIpc) is 3.10. The summed E-state index contributed by atoms with van der Waals surface area (Å²) in [5.41, 5.74) is 0.975. The Kier molecular flexibility index (Phi) is 4.67. The number of carbonyl (C=O) groups excluding carboxylic acids is 2. The Hall–Kier alpha value is -2.35. The molecule has 0 saturated carbocycles. The summed E-state index contributed by atoms with van der Waals surface area (Å²) in [5, 5.41) is 3.76. The van der Waals surface area contributed by atoms with Crippen LogP contribution >= 0.6 is 11.3 Å². The normalized spacial score (nSPS) is 18.9. The smallest absolute Gasteiger partial charge is 0.239 e. The molecule has 2 fully saturated rings. The van der Waals surface area contributed by atoms with E-state index in [9.17, 15) is 9.59 Å². The molecule has 26 heavy (non-hydrogen) atoms. The third kappa shape index (κ3) is 3.33. The number of carbonyl (C=O) groups is 2. The number of anilines is 1. The lowest BCUT2D eigenvalue weighted by Gasteiger charge is -2.35. The van der Waals surface area contributed by atoms with Crippen molar-refractivity contribution in [3.05, 3.63) is 18.2 Å². The summed E-state index contributed by atoms with van der Waals surface area (Å²) in [4.78, 5) is 32.8. The van der Waals surface area contributed by atoms with Gasteiger partial charge in [-0.25, -0.2) is 4.98 Å². The van der Waals surface area contributed by atoms with Crippen LogP contribution in [-0.4, -0.2) is 61.5 Å². The maximum Gasteiger partial charge on any atom is 0.239 e. The number of nitrogens with zero attached hydrogens (tertiary/aromatic N) is 3. The van der Waals surface area contributed by atoms with Crippen LogP contribution in [0.3, 0.4) is 0 Å². The van der Waals surface area contributed by atoms with Crippen LogP contribution in [0.4, 0.5) is 5.13 Å². The molecule has 2 aromatic rings. The zero-order chi connectivity index (χ0) is 18.1. The second kappa shape index (κ2) is 7.11. The lowest BCUT2D eigenvalue weighted by molar-refractivity contribution is -0.141. The lowest BCUT2D eigenvalue weighted by atomic mass is 9.95. The quantitative estimate of drug-likeness (QED) is 0.881. The van der Waals surface area contributed by atoms with Crippen LogP contribution in [0.25, 0.3) is 10.2 Å². The van der Waals surface area contributed by atoms with E-state index in [0.29, 0.717) is 13.1 Å². The summed E-state index contributed by atoms with van der Waals surface area (Å²) < 4.78 is 6.39. The summed E-state index contributed by atoms with van der Waals surface area (Å²) in [6, 6.07) is 5.91. The largest absolute Gasteiger partial charge is 0.497 e. The van der Waals surface area contributed by atoms with Gasteiger partial charge in [-0.05, 0) is 31.0 Å². The van der Waals surface area contributed by atoms with Gasteiger partial charge < -0.3 is 19.9 Å². The van der Waals surface area contributed by atoms with Crippen molar-refractivity contribution in [2.75, 3.05) is 44.7 Å². The number of hydrogen-bond acceptors (Lipinski definition) is 6. The highest BCUT2D eigenvalue weighted by atomic mass is 32.1. The zero-order valence-electron chi connectivity index (χ0n) is 14.7. The molecule has 0 spiro atoms. The highest BCUT2D eigenvalue weighted by Crippen LogP contribution is 2.33. The van der Waals surface area contributed by atoms with Crippen molar-refractivity contribution < 1.29 is 14.3 Å². The summed E-state index contributed by atoms with van der Waals surface area (Å²) >= 11 is 1.66. The standard InChI is InChI=1S/C18H22N4O3S/c1-25-13-2-3-14-15(10-13)26-18(20-14)21-7-4-12(5-8-21)17(24)22-9-6-19-16(23)11-22/h2-3,10,12H,4-9,11H2,1H3,(H,19,23). The molecule has 2 amide bonds. The van der Waals surface area contributed by atoms with Gasteiger partial charge in [0.25, 0.3) is 0 Å². The van der Waals surface area contributed by atoms with E-state index >= 15 is 0 Å². The minimum absolute atomic E-state index is 0.00613. The van der Waals surface area contributed by atoms with Gasteiger partial charge in [0.1, 0.15) is 5.75 Å². The zero-order valence-corrected chi connectivity index (χ0v) is 15.6. The fraction of sp³-hybridized carbons (Fsp3) is 0.500. The van der Waals surface area contributed by atoms with Gasteiger partial charge in [0.15, 0.2) is 5.13 Å². The second-order valence-corrected chi connectivity index (χ2v) is 7.71. The van der Waals surface area contributed by atoms with Crippen LogP contribution < -0.4 is 15.0 Å². The molecule has 0 bridgehead atoms. The number of rotatable bonds is 3. The van der Waals surface area contributed by atoms with Gasteiger partial charge in [0, 0.05) is 32.1 Å². The van der Waals surface area contributed by atoms with Gasteiger partial charge in [-0.1, -0.05) is 11.3 Å². The average molecular weight is 374 g/mol. The van der Waals surface area contributed by atoms with E-state index in [0.717, 1.165) is 47.0 Å². The first-order chi connectivity index (χ1) is 12.6. The number of piperidine rings is 1. The molecule has 0 radical (unpaired) electrons. The van der Waals surface area contributed by atoms with E-state index in [1.54, 1.807) is 23.3 Å². The van der Waals surface area contributed by atoms with Crippen LogP contribution in [0.1, 0.15) is 12.8 Å². The Morgan fingerprint density at radius 3 is 2.85 bits per heavy atom. The molecule has 7 nitrogen and oxygen atoms in total. The molecule has 0 unspecified atom stereocenters. The highest BCUT2D eigenvalue weighted by molar-refractivity contribution is 7.22. The molecule has 1 aromatic heterocycles. The van der Waals surface area contributed by atoms with Crippen molar-refractivity contribution in [1.29, 1.82) is 0 Å². The maximum absolute atomic E-state index is 12.7. The number of fused-ring (bicyclic) bond motifs is 1. The van der Waals surface area contributed by atoms with Crippen molar-refractivity contribution in [1.82, 2.24) is 15.2 Å². The molecule has 2 saturated heterocycles. The Morgan fingerprint density at radius 2 is 2.12 bits per heavy atom. The molecule has 4 rings (SSSR count). The van der Waals surface area contributed by atoms with Crippen molar-refractivity contribution in [3.8, 4) is 5.75 Å². The predicted octanol–water partition coefficient (Wildman–Crippen LogP) is 1.48. The number of benzene rings is 1. The number of aromatic nitrogens is 1. The summed E-state index contributed by atoms with van der Waals surface area (Å²) in [5.74, 6) is 0.898. The molecule has 0 atom stereocenters. The SMILES string of the molecule is COc1ccc2nc(N3CCC(C(=O)N4CCNC(=O)C4)CC3)sc2c1. The number of nitrogens with one attached hydrogen (secondary N) is 1. The Morgan fingerprint density at radius 1 is 1.31 bits per heavy atom. The fourth-order valence-electron chi connectivity index (χ4n) is 3.56. The van der Waals surface area contributed by atoms with Crippen molar-refractivity contribution in [2.45, 2.75) is 12.8 Å². The van der Waals surface area contributed by atoms with Gasteiger partial charge in [-0.2, -0.15) is 0 Å². The Labute approximate surface area is 155 Å². The monoisotopic (exact) mass is 374 g/mol. The summed E-state index contributed by atoms with van der Waals surface area (Å²) in [6.07, 6.45) is 1.60. The molecular formula is C18H22N4O3S. The highest BCUT2D eigenvalue weighted by Gasteiger charge is 2.31. The van der Waals surface area contributed by atoms with Gasteiger partial charge in [-0.3, -0.25) is 9.59 Å². The molecule has 1 aromatic carbocycles. The molecule has 0 aliphatic carbocycles. The molecule has 2 aliphatic rings. The number of thiazole rings is 1. The van der Waals surface area contributed by atoms with Crippen LogP contribution in [0.2, 0.25) is 0 Å². The number of methoxy groups -OCH3 is 1. The van der Waals surface area contributed by atoms with Gasteiger partial charge in [0.2, 0.25) is 11.8 Å². The van der Waals surface area contributed by atoms with Gasteiger partial charge in [-0.15, -0.1) is 0 Å². The predicted molar refractivity (Wildman–Crippen MR) is 101 cm³/mol. The first-order valence-electron chi connectivity index (χ1n) is 8.89. The number of piperazine rings is 1. The molecule has 8 heteroatoms. The molecule has 2 aliphatic heterocycles. The first kappa shape index (κ1) is 17.1. The van der Waals surface area contributed by atoms with Crippen molar-refractivity contribution in [3.63, 3.8) is 0 Å². The minimum atomic E-state index is -0.0630. The molecular weight excluding hydrogens is 352 g/mol. The maximum atomic E-state index is 12.7. The second-order valence-electron chi connectivity index (χ2n) is 6.70. The van der Waals surface area contributed by atoms with Gasteiger partial charge >= 0.3 is 0 Å². The fourth-order valence-corrected chi connectivity index (χ4v) is 4.60. The molecule has 1 N–H and O–H groups in total. The van der Waals surface area contributed by atoms with Gasteiger partial charge in [0.05, 0.1) is 23.9 Å². The number of hydrogen-bond donors (Lipinski definition) is 1. The van der Waals surface area contributed by atoms with Crippen LogP contribution in [0.15, 0.2) is 18.2 Å². The van der Waals surface area contributed by atoms with Crippen molar-refractivity contribution >= 4 is 38.5 Å². The van der Waals surface area contributed by atoms with Crippen LogP contribution in [0, 0.1) is 5.92 Å². The van der Waals surface area contributed by atoms with E-state index in [2.05, 4.69) is 10.2 Å². The van der Waals surface area contributed by atoms with Crippen LogP contribution in [-0.2, 0) is 9.59 Å². The third-order valence-corrected chi connectivity index (χ3v) is 6.13. The molecule has 138 valence electrons. The summed E-state index contributed by atoms with van der Waals surface area (Å²) in [6.45, 7) is 2.99. The lowest BCUT2D eigenvalue weighted by Crippen LogP contribution is -2.52. The van der Waals surface area contributed by atoms with E-state index in [1.807, 2.05) is 18.2 Å². The van der Waals surface area contributed by atoms with Crippen molar-refractivity contribution in [2.24, 2.45) is 5.92 Å². The van der Waals surface area contributed by atoms with E-state index in [1.165, 1.54) is 0 Å². The summed E-state index contributed by atoms with van der Waals surface area (Å²) in [7, 11) is 1.66. The Balaban J connectivity index is 1.40. The third-order valence-electron chi connectivity index (χ3n) is 5.05. The number of amides is 2. The van der Waals surface area contributed by atoms with Crippen LogP contribution in [0.5, 0.6) is 5.75 Å². The topological polar surface area (TPSA) is 74.8 Å². The molecule has 3 heterocycles. The van der Waals surface area contributed by atoms with E-state index in [4.69, 9.17) is 9.72 Å².